The molecule has 0 saturated carbocycles. The Bertz CT molecular complexity index is 1080. The van der Waals surface area contributed by atoms with Crippen LogP contribution in [0.3, 0.4) is 0 Å². The molecule has 0 spiro atoms. The predicted molar refractivity (Wildman–Crippen MR) is 107 cm³/mol. The molecule has 7 nitrogen and oxygen atoms in total. The summed E-state index contributed by atoms with van der Waals surface area (Å²) >= 11 is 0. The molecule has 1 aliphatic heterocycles. The molecule has 1 fully saturated rings. The summed E-state index contributed by atoms with van der Waals surface area (Å²) in [5.74, 6) is 5.36. The van der Waals surface area contributed by atoms with Crippen molar-refractivity contribution >= 4 is 22.7 Å². The van der Waals surface area contributed by atoms with E-state index in [2.05, 4.69) is 22.1 Å². The molecule has 1 saturated heterocycles. The van der Waals surface area contributed by atoms with E-state index in [-0.39, 0.29) is 5.91 Å². The fraction of sp³-hybridized carbons (Fsp3) is 0.182. The summed E-state index contributed by atoms with van der Waals surface area (Å²) in [4.78, 5) is 27.3. The van der Waals surface area contributed by atoms with Gasteiger partial charge in [0.1, 0.15) is 11.2 Å². The van der Waals surface area contributed by atoms with Crippen molar-refractivity contribution in [2.24, 2.45) is 0 Å². The minimum atomic E-state index is -0.782. The molecule has 146 valence electrons. The maximum Gasteiger partial charge on any atom is 0.274 e. The van der Waals surface area contributed by atoms with E-state index in [1.807, 2.05) is 30.3 Å². The predicted octanol–water partition coefficient (Wildman–Crippen LogP) is 2.23. The summed E-state index contributed by atoms with van der Waals surface area (Å²) in [6, 6.07) is 16.0. The number of hydrogen-bond acceptors (Lipinski definition) is 4. The number of amides is 2. The fourth-order valence-electron chi connectivity index (χ4n) is 3.24. The van der Waals surface area contributed by atoms with Crippen LogP contribution in [0.2, 0.25) is 0 Å². The number of benzene rings is 2. The first-order chi connectivity index (χ1) is 14.1. The third-order valence-electron chi connectivity index (χ3n) is 4.84. The number of H-pyrrole nitrogens is 1. The largest absolute Gasteiger partial charge is 0.378 e. The summed E-state index contributed by atoms with van der Waals surface area (Å²) in [6.07, 6.45) is 0.580. The highest BCUT2D eigenvalue weighted by Crippen LogP contribution is 2.20. The average molecular weight is 389 g/mol. The van der Waals surface area contributed by atoms with E-state index in [0.717, 1.165) is 10.9 Å². The molecular weight excluding hydrogens is 370 g/mol. The van der Waals surface area contributed by atoms with Crippen LogP contribution in [0.5, 0.6) is 0 Å². The molecular formula is C22H19N3O4. The molecule has 29 heavy (non-hydrogen) atoms. The number of carbonyl (C=O) groups is 2. The molecule has 1 aromatic heterocycles. The summed E-state index contributed by atoms with van der Waals surface area (Å²) < 4.78 is 5.50. The number of carbonyl (C=O) groups excluding carboxylic acids is 2. The van der Waals surface area contributed by atoms with Gasteiger partial charge in [0, 0.05) is 28.5 Å². The second kappa shape index (κ2) is 7.80. The van der Waals surface area contributed by atoms with Crippen LogP contribution in [0.1, 0.15) is 32.8 Å². The molecule has 4 N–H and O–H groups in total. The number of nitrogens with one attached hydrogen (secondary N) is 3. The van der Waals surface area contributed by atoms with E-state index in [0.29, 0.717) is 36.5 Å². The van der Waals surface area contributed by atoms with Crippen molar-refractivity contribution in [1.82, 2.24) is 15.8 Å². The zero-order valence-electron chi connectivity index (χ0n) is 15.5. The van der Waals surface area contributed by atoms with Crippen LogP contribution in [0.4, 0.5) is 0 Å². The van der Waals surface area contributed by atoms with Gasteiger partial charge in [0.05, 0.1) is 13.2 Å². The first kappa shape index (κ1) is 18.7. The van der Waals surface area contributed by atoms with Gasteiger partial charge in [-0.25, -0.2) is 5.48 Å². The molecule has 0 radical (unpaired) electrons. The molecule has 2 aromatic carbocycles. The number of hydrogen-bond donors (Lipinski definition) is 4. The summed E-state index contributed by atoms with van der Waals surface area (Å²) in [6.45, 7) is 0.814. The van der Waals surface area contributed by atoms with E-state index in [9.17, 15) is 9.59 Å². The maximum atomic E-state index is 12.8. The smallest absolute Gasteiger partial charge is 0.274 e. The van der Waals surface area contributed by atoms with Gasteiger partial charge >= 0.3 is 0 Å². The van der Waals surface area contributed by atoms with Crippen molar-refractivity contribution in [1.29, 1.82) is 0 Å². The van der Waals surface area contributed by atoms with E-state index < -0.39 is 11.4 Å². The van der Waals surface area contributed by atoms with Crippen molar-refractivity contribution in [3.05, 3.63) is 71.4 Å². The van der Waals surface area contributed by atoms with E-state index in [1.165, 1.54) is 0 Å². The lowest BCUT2D eigenvalue weighted by Gasteiger charge is -2.22. The van der Waals surface area contributed by atoms with E-state index in [4.69, 9.17) is 9.94 Å². The Hall–Kier alpha value is -3.60. The normalized spacial score (nSPS) is 18.1. The molecule has 3 aromatic rings. The lowest BCUT2D eigenvalue weighted by molar-refractivity contribution is 0.0706. The Kier molecular flexibility index (Phi) is 5.04. The van der Waals surface area contributed by atoms with Gasteiger partial charge in [-0.05, 0) is 36.4 Å². The Labute approximate surface area is 167 Å². The van der Waals surface area contributed by atoms with Crippen LogP contribution in [0, 0.1) is 11.8 Å². The average Bonchev–Trinajstić information content (AvgIpc) is 3.39. The summed E-state index contributed by atoms with van der Waals surface area (Å²) in [5, 5.41) is 12.7. The van der Waals surface area contributed by atoms with Gasteiger partial charge in [-0.1, -0.05) is 30.0 Å². The van der Waals surface area contributed by atoms with Crippen LogP contribution in [0.15, 0.2) is 54.6 Å². The molecule has 4 rings (SSSR count). The lowest BCUT2D eigenvalue weighted by Crippen LogP contribution is -2.48. The van der Waals surface area contributed by atoms with E-state index >= 15 is 0 Å². The SMILES string of the molecule is O=C(NO)c1ccc(C#CC2(NC(=O)c3cc4ccccc4[nH]3)CCOC2)cc1. The highest BCUT2D eigenvalue weighted by Gasteiger charge is 2.35. The van der Waals surface area contributed by atoms with Gasteiger partial charge < -0.3 is 15.0 Å². The van der Waals surface area contributed by atoms with Crippen molar-refractivity contribution in [3.8, 4) is 11.8 Å². The van der Waals surface area contributed by atoms with Gasteiger partial charge in [-0.3, -0.25) is 14.8 Å². The van der Waals surface area contributed by atoms with Crippen molar-refractivity contribution in [3.63, 3.8) is 0 Å². The van der Waals surface area contributed by atoms with Crippen molar-refractivity contribution < 1.29 is 19.5 Å². The second-order valence-corrected chi connectivity index (χ2v) is 6.88. The Morgan fingerprint density at radius 2 is 1.90 bits per heavy atom. The van der Waals surface area contributed by atoms with Gasteiger partial charge in [0.2, 0.25) is 0 Å². The van der Waals surface area contributed by atoms with E-state index in [1.54, 1.807) is 29.7 Å². The summed E-state index contributed by atoms with van der Waals surface area (Å²) in [7, 11) is 0. The minimum absolute atomic E-state index is 0.240. The maximum absolute atomic E-state index is 12.8. The van der Waals surface area contributed by atoms with Gasteiger partial charge in [-0.2, -0.15) is 0 Å². The monoisotopic (exact) mass is 389 g/mol. The number of aromatic nitrogens is 1. The topological polar surface area (TPSA) is 103 Å². The first-order valence-electron chi connectivity index (χ1n) is 9.14. The number of rotatable bonds is 3. The van der Waals surface area contributed by atoms with Crippen LogP contribution in [-0.2, 0) is 4.74 Å². The Morgan fingerprint density at radius 1 is 1.10 bits per heavy atom. The third-order valence-corrected chi connectivity index (χ3v) is 4.84. The molecule has 1 aliphatic rings. The van der Waals surface area contributed by atoms with Crippen LogP contribution < -0.4 is 10.8 Å². The molecule has 0 bridgehead atoms. The van der Waals surface area contributed by atoms with Gasteiger partial charge in [-0.15, -0.1) is 0 Å². The highest BCUT2D eigenvalue weighted by atomic mass is 16.5. The Morgan fingerprint density at radius 3 is 2.59 bits per heavy atom. The molecule has 2 heterocycles. The first-order valence-corrected chi connectivity index (χ1v) is 9.14. The fourth-order valence-corrected chi connectivity index (χ4v) is 3.24. The zero-order valence-corrected chi connectivity index (χ0v) is 15.5. The van der Waals surface area contributed by atoms with Crippen molar-refractivity contribution in [2.45, 2.75) is 12.0 Å². The van der Waals surface area contributed by atoms with Crippen LogP contribution in [-0.4, -0.2) is 40.8 Å². The summed E-state index contributed by atoms with van der Waals surface area (Å²) in [5.41, 5.74) is 3.18. The molecule has 1 atom stereocenters. The number of para-hydroxylation sites is 1. The van der Waals surface area contributed by atoms with Crippen LogP contribution >= 0.6 is 0 Å². The number of fused-ring (bicyclic) bond motifs is 1. The van der Waals surface area contributed by atoms with Crippen LogP contribution in [0.25, 0.3) is 10.9 Å². The second-order valence-electron chi connectivity index (χ2n) is 6.88. The minimum Gasteiger partial charge on any atom is -0.378 e. The molecule has 7 heteroatoms. The van der Waals surface area contributed by atoms with Gasteiger partial charge in [0.25, 0.3) is 11.8 Å². The quantitative estimate of drug-likeness (QED) is 0.313. The van der Waals surface area contributed by atoms with Crippen molar-refractivity contribution in [2.75, 3.05) is 13.2 Å². The molecule has 1 unspecified atom stereocenters. The molecule has 0 aliphatic carbocycles. The lowest BCUT2D eigenvalue weighted by atomic mass is 9.98. The zero-order chi connectivity index (χ0) is 20.3. The highest BCUT2D eigenvalue weighted by molar-refractivity contribution is 5.98. The van der Waals surface area contributed by atoms with Gasteiger partial charge in [0.15, 0.2) is 0 Å². The number of aromatic amines is 1. The number of hydroxylamine groups is 1. The number of ether oxygens (including phenoxy) is 1. The Balaban J connectivity index is 1.54. The molecule has 2 amide bonds. The third kappa shape index (κ3) is 3.99. The standard InChI is InChI=1S/C22H19N3O4/c26-20(25-28)16-7-5-15(6-8-16)9-10-22(11-12-29-14-22)24-21(27)19-13-17-3-1-2-4-18(17)23-19/h1-8,13,23,28H,11-12,14H2,(H,24,27)(H,25,26).